The molecule has 0 aliphatic carbocycles. The molecule has 2 N–H and O–H groups in total. The van der Waals surface area contributed by atoms with Crippen molar-refractivity contribution < 1.29 is 36.6 Å². The van der Waals surface area contributed by atoms with Crippen LogP contribution in [0.1, 0.15) is 19.3 Å². The van der Waals surface area contributed by atoms with E-state index in [9.17, 15) is 26.3 Å². The highest BCUT2D eigenvalue weighted by Gasteiger charge is 2.27. The molecule has 0 aliphatic rings. The van der Waals surface area contributed by atoms with E-state index >= 15 is 0 Å². The Balaban J connectivity index is 0. The van der Waals surface area contributed by atoms with Crippen molar-refractivity contribution in [3.63, 3.8) is 0 Å². The molecule has 0 spiro atoms. The molecule has 0 unspecified atom stereocenters. The van der Waals surface area contributed by atoms with E-state index < -0.39 is 11.0 Å². The second kappa shape index (κ2) is 12.0. The molecule has 0 aromatic carbocycles. The van der Waals surface area contributed by atoms with Gasteiger partial charge in [0.15, 0.2) is 0 Å². The molecule has 0 bridgehead atoms. The Labute approximate surface area is 115 Å². The molecule has 0 saturated carbocycles. The van der Waals surface area contributed by atoms with Gasteiger partial charge in [-0.1, -0.05) is 23.5 Å². The molecule has 0 aliphatic heterocycles. The monoisotopic (exact) mass is 334 g/mol. The SMILES string of the molecule is OCCCCSC(F)(F)F.OCCCSC(F)(F)F. The van der Waals surface area contributed by atoms with Gasteiger partial charge in [-0.3, -0.25) is 0 Å². The van der Waals surface area contributed by atoms with Gasteiger partial charge in [0.1, 0.15) is 0 Å². The normalized spacial score (nSPS) is 12.0. The van der Waals surface area contributed by atoms with Crippen LogP contribution in [0.2, 0.25) is 0 Å². The van der Waals surface area contributed by atoms with Gasteiger partial charge in [-0.25, -0.2) is 0 Å². The predicted molar refractivity (Wildman–Crippen MR) is 65.0 cm³/mol. The van der Waals surface area contributed by atoms with E-state index in [0.717, 1.165) is 0 Å². The molecular formula is C9H16F6O2S2. The fourth-order valence-electron chi connectivity index (χ4n) is 0.654. The average Bonchev–Trinajstić information content (AvgIpc) is 2.23. The summed E-state index contributed by atoms with van der Waals surface area (Å²) in [5, 5.41) is 16.3. The lowest BCUT2D eigenvalue weighted by molar-refractivity contribution is -0.0337. The number of aliphatic hydroxyl groups is 2. The molecule has 2 nitrogen and oxygen atoms in total. The Bertz CT molecular complexity index is 198. The zero-order chi connectivity index (χ0) is 15.4. The predicted octanol–water partition coefficient (Wildman–Crippen LogP) is 3.63. The number of halogens is 6. The van der Waals surface area contributed by atoms with E-state index in [2.05, 4.69) is 0 Å². The van der Waals surface area contributed by atoms with Crippen molar-refractivity contribution in [3.05, 3.63) is 0 Å². The first-order valence-corrected chi connectivity index (χ1v) is 7.22. The molecule has 0 saturated heterocycles. The van der Waals surface area contributed by atoms with Gasteiger partial charge in [0.2, 0.25) is 0 Å². The van der Waals surface area contributed by atoms with Crippen molar-refractivity contribution in [1.82, 2.24) is 0 Å². The Kier molecular flexibility index (Phi) is 13.6. The van der Waals surface area contributed by atoms with E-state index in [1.165, 1.54) is 0 Å². The largest absolute Gasteiger partial charge is 0.441 e. The van der Waals surface area contributed by atoms with Crippen molar-refractivity contribution in [1.29, 1.82) is 0 Å². The van der Waals surface area contributed by atoms with Crippen LogP contribution in [0.25, 0.3) is 0 Å². The summed E-state index contributed by atoms with van der Waals surface area (Å²) in [5.41, 5.74) is -8.26. The lowest BCUT2D eigenvalue weighted by Gasteiger charge is -2.03. The minimum atomic E-state index is -4.14. The van der Waals surface area contributed by atoms with Crippen LogP contribution in [0, 0.1) is 0 Å². The maximum Gasteiger partial charge on any atom is 0.441 e. The smallest absolute Gasteiger partial charge is 0.396 e. The quantitative estimate of drug-likeness (QED) is 0.551. The molecule has 0 rings (SSSR count). The summed E-state index contributed by atoms with van der Waals surface area (Å²) in [5.74, 6) is -0.00986. The number of rotatable bonds is 7. The van der Waals surface area contributed by atoms with E-state index in [1.54, 1.807) is 0 Å². The first kappa shape index (κ1) is 21.5. The Morgan fingerprint density at radius 1 is 0.632 bits per heavy atom. The highest BCUT2D eigenvalue weighted by Crippen LogP contribution is 2.30. The standard InChI is InChI=1S/C5H9F3OS.C4H7F3OS/c6-5(7,8)10-4-2-1-3-9;5-4(6,7)9-3-1-2-8/h9H,1-4H2;8H,1-3H2. The number of thioether (sulfide) groups is 2. The summed E-state index contributed by atoms with van der Waals surface area (Å²) in [6.45, 7) is -0.207. The lowest BCUT2D eigenvalue weighted by atomic mass is 10.4. The summed E-state index contributed by atoms with van der Waals surface area (Å²) < 4.78 is 67.9. The van der Waals surface area contributed by atoms with Gasteiger partial charge < -0.3 is 10.2 Å². The second-order valence-corrected chi connectivity index (χ2v) is 5.42. The highest BCUT2D eigenvalue weighted by molar-refractivity contribution is 8.00. The van der Waals surface area contributed by atoms with Gasteiger partial charge in [-0.2, -0.15) is 26.3 Å². The molecular weight excluding hydrogens is 318 g/mol. The maximum atomic E-state index is 11.4. The van der Waals surface area contributed by atoms with Gasteiger partial charge in [-0.05, 0) is 19.3 Å². The van der Waals surface area contributed by atoms with Crippen molar-refractivity contribution in [2.24, 2.45) is 0 Å². The van der Waals surface area contributed by atoms with E-state index in [1.807, 2.05) is 0 Å². The summed E-state index contributed by atoms with van der Waals surface area (Å²) in [6.07, 6.45) is 1.06. The molecule has 10 heteroatoms. The van der Waals surface area contributed by atoms with Gasteiger partial charge in [0.25, 0.3) is 0 Å². The van der Waals surface area contributed by atoms with E-state index in [4.69, 9.17) is 10.2 Å². The van der Waals surface area contributed by atoms with Gasteiger partial charge in [0.05, 0.1) is 0 Å². The van der Waals surface area contributed by atoms with Crippen molar-refractivity contribution in [2.45, 2.75) is 30.3 Å². The Morgan fingerprint density at radius 3 is 1.32 bits per heavy atom. The van der Waals surface area contributed by atoms with E-state index in [-0.39, 0.29) is 54.7 Å². The zero-order valence-electron chi connectivity index (χ0n) is 9.93. The summed E-state index contributed by atoms with van der Waals surface area (Å²) in [6, 6.07) is 0. The summed E-state index contributed by atoms with van der Waals surface area (Å²) in [4.78, 5) is 0. The third-order valence-electron chi connectivity index (χ3n) is 1.39. The van der Waals surface area contributed by atoms with Crippen molar-refractivity contribution >= 4 is 23.5 Å². The van der Waals surface area contributed by atoms with Crippen LogP contribution in [-0.2, 0) is 0 Å². The lowest BCUT2D eigenvalue weighted by Crippen LogP contribution is -2.01. The second-order valence-electron chi connectivity index (χ2n) is 3.10. The van der Waals surface area contributed by atoms with Crippen molar-refractivity contribution in [3.8, 4) is 0 Å². The fourth-order valence-corrected chi connectivity index (χ4v) is 1.74. The van der Waals surface area contributed by atoms with Crippen molar-refractivity contribution in [2.75, 3.05) is 24.7 Å². The molecule has 0 atom stereocenters. The first-order valence-electron chi connectivity index (χ1n) is 5.25. The van der Waals surface area contributed by atoms with Gasteiger partial charge in [-0.15, -0.1) is 0 Å². The van der Waals surface area contributed by atoms with Crippen LogP contribution in [0.4, 0.5) is 26.3 Å². The molecule has 19 heavy (non-hydrogen) atoms. The molecule has 118 valence electrons. The molecule has 0 radical (unpaired) electrons. The van der Waals surface area contributed by atoms with Crippen LogP contribution in [0.15, 0.2) is 0 Å². The number of hydrogen-bond donors (Lipinski definition) is 2. The Morgan fingerprint density at radius 2 is 1.00 bits per heavy atom. The first-order chi connectivity index (χ1) is 8.62. The minimum absolute atomic E-state index is 0.0293. The van der Waals surface area contributed by atoms with Gasteiger partial charge in [0, 0.05) is 24.7 Å². The third-order valence-corrected chi connectivity index (χ3v) is 3.03. The molecule has 0 aromatic heterocycles. The molecule has 0 aromatic rings. The average molecular weight is 334 g/mol. The number of aliphatic hydroxyl groups excluding tert-OH is 2. The number of hydrogen-bond acceptors (Lipinski definition) is 4. The number of unbranched alkanes of at least 4 members (excludes halogenated alkanes) is 1. The van der Waals surface area contributed by atoms with Crippen LogP contribution >= 0.6 is 23.5 Å². The molecule has 0 fully saturated rings. The zero-order valence-corrected chi connectivity index (χ0v) is 11.6. The molecule has 0 heterocycles. The van der Waals surface area contributed by atoms with Crippen LogP contribution < -0.4 is 0 Å². The van der Waals surface area contributed by atoms with E-state index in [0.29, 0.717) is 12.8 Å². The Hall–Kier alpha value is 0.200. The topological polar surface area (TPSA) is 40.5 Å². The number of alkyl halides is 6. The molecule has 0 amide bonds. The van der Waals surface area contributed by atoms with Crippen LogP contribution in [-0.4, -0.2) is 45.9 Å². The highest BCUT2D eigenvalue weighted by atomic mass is 32.2. The summed E-state index contributed by atoms with van der Waals surface area (Å²) >= 11 is -0.139. The summed E-state index contributed by atoms with van der Waals surface area (Å²) in [7, 11) is 0. The van der Waals surface area contributed by atoms with Crippen LogP contribution in [0.5, 0.6) is 0 Å². The van der Waals surface area contributed by atoms with Gasteiger partial charge >= 0.3 is 11.0 Å². The maximum absolute atomic E-state index is 11.4. The fraction of sp³-hybridized carbons (Fsp3) is 1.00. The third kappa shape index (κ3) is 27.4. The van der Waals surface area contributed by atoms with Crippen LogP contribution in [0.3, 0.4) is 0 Å². The minimum Gasteiger partial charge on any atom is -0.396 e.